The van der Waals surface area contributed by atoms with Gasteiger partial charge < -0.3 is 4.74 Å². The van der Waals surface area contributed by atoms with E-state index in [1.807, 2.05) is 13.0 Å². The van der Waals surface area contributed by atoms with E-state index in [0.29, 0.717) is 21.4 Å². The van der Waals surface area contributed by atoms with Crippen LogP contribution >= 0.6 is 23.2 Å². The number of halogens is 2. The van der Waals surface area contributed by atoms with Crippen LogP contribution in [0.25, 0.3) is 0 Å². The molecule has 1 atom stereocenters. The van der Waals surface area contributed by atoms with Gasteiger partial charge in [0, 0.05) is 15.6 Å². The maximum Gasteiger partial charge on any atom is 0.202 e. The first-order valence-corrected chi connectivity index (χ1v) is 6.95. The molecule has 2 aromatic carbocycles. The molecule has 0 aliphatic rings. The first-order chi connectivity index (χ1) is 9.47. The molecule has 0 N–H and O–H groups in total. The summed E-state index contributed by atoms with van der Waals surface area (Å²) in [7, 11) is 0. The molecule has 2 nitrogen and oxygen atoms in total. The molecule has 0 aliphatic heterocycles. The van der Waals surface area contributed by atoms with Gasteiger partial charge in [-0.05, 0) is 61.9 Å². The fraction of sp³-hybridized carbons (Fsp3) is 0.188. The number of ether oxygens (including phenoxy) is 1. The largest absolute Gasteiger partial charge is 0.483 e. The van der Waals surface area contributed by atoms with Gasteiger partial charge >= 0.3 is 0 Å². The molecule has 2 rings (SSSR count). The highest BCUT2D eigenvalue weighted by molar-refractivity contribution is 6.31. The number of benzene rings is 2. The van der Waals surface area contributed by atoms with E-state index in [0.717, 1.165) is 5.56 Å². The first-order valence-electron chi connectivity index (χ1n) is 6.20. The van der Waals surface area contributed by atoms with E-state index in [1.54, 1.807) is 43.3 Å². The van der Waals surface area contributed by atoms with E-state index >= 15 is 0 Å². The standard InChI is InChI=1S/C16H14Cl2O2/c1-10-9-14(7-8-15(10)18)20-11(2)16(19)12-3-5-13(17)6-4-12/h3-9,11H,1-2H3. The number of hydrogen-bond acceptors (Lipinski definition) is 2. The molecule has 0 aliphatic carbocycles. The lowest BCUT2D eigenvalue weighted by molar-refractivity contribution is 0.0818. The molecule has 2 aromatic rings. The lowest BCUT2D eigenvalue weighted by Crippen LogP contribution is -2.23. The van der Waals surface area contributed by atoms with E-state index in [2.05, 4.69) is 0 Å². The van der Waals surface area contributed by atoms with Gasteiger partial charge in [-0.1, -0.05) is 23.2 Å². The highest BCUT2D eigenvalue weighted by Crippen LogP contribution is 2.22. The van der Waals surface area contributed by atoms with E-state index in [4.69, 9.17) is 27.9 Å². The molecule has 0 heterocycles. The van der Waals surface area contributed by atoms with Crippen molar-refractivity contribution in [3.8, 4) is 5.75 Å². The molecule has 0 aromatic heterocycles. The van der Waals surface area contributed by atoms with Crippen molar-refractivity contribution in [2.24, 2.45) is 0 Å². The quantitative estimate of drug-likeness (QED) is 0.747. The van der Waals surface area contributed by atoms with Crippen molar-refractivity contribution in [3.63, 3.8) is 0 Å². The molecular formula is C16H14Cl2O2. The fourth-order valence-electron chi connectivity index (χ4n) is 1.80. The molecule has 1 unspecified atom stereocenters. The first kappa shape index (κ1) is 14.9. The Kier molecular flexibility index (Phi) is 4.69. The van der Waals surface area contributed by atoms with Gasteiger partial charge in [-0.2, -0.15) is 0 Å². The summed E-state index contributed by atoms with van der Waals surface area (Å²) in [6.07, 6.45) is -0.572. The van der Waals surface area contributed by atoms with E-state index in [-0.39, 0.29) is 5.78 Å². The Hall–Kier alpha value is -1.51. The summed E-state index contributed by atoms with van der Waals surface area (Å²) in [6, 6.07) is 12.1. The van der Waals surface area contributed by atoms with Crippen molar-refractivity contribution in [1.29, 1.82) is 0 Å². The van der Waals surface area contributed by atoms with E-state index < -0.39 is 6.10 Å². The average molecular weight is 309 g/mol. The van der Waals surface area contributed by atoms with Crippen LogP contribution in [0.15, 0.2) is 42.5 Å². The SMILES string of the molecule is Cc1cc(OC(C)C(=O)c2ccc(Cl)cc2)ccc1Cl. The van der Waals surface area contributed by atoms with Gasteiger partial charge in [0.05, 0.1) is 0 Å². The van der Waals surface area contributed by atoms with Crippen LogP contribution in [0.1, 0.15) is 22.8 Å². The smallest absolute Gasteiger partial charge is 0.202 e. The number of ketones is 1. The molecule has 0 spiro atoms. The normalized spacial score (nSPS) is 12.0. The molecule has 0 radical (unpaired) electrons. The molecule has 0 saturated carbocycles. The topological polar surface area (TPSA) is 26.3 Å². The third kappa shape index (κ3) is 3.53. The number of Topliss-reactive ketones (excluding diaryl/α,β-unsaturated/α-hetero) is 1. The Morgan fingerprint density at radius 1 is 1.10 bits per heavy atom. The Labute approximate surface area is 128 Å². The van der Waals surface area contributed by atoms with Crippen molar-refractivity contribution in [2.75, 3.05) is 0 Å². The third-order valence-corrected chi connectivity index (χ3v) is 3.62. The van der Waals surface area contributed by atoms with Gasteiger partial charge in [0.15, 0.2) is 6.10 Å². The highest BCUT2D eigenvalue weighted by Gasteiger charge is 2.17. The molecule has 0 saturated heterocycles. The highest BCUT2D eigenvalue weighted by atomic mass is 35.5. The van der Waals surface area contributed by atoms with Crippen LogP contribution in [0.3, 0.4) is 0 Å². The van der Waals surface area contributed by atoms with Crippen LogP contribution in [0.2, 0.25) is 10.0 Å². The van der Waals surface area contributed by atoms with Crippen LogP contribution in [-0.4, -0.2) is 11.9 Å². The van der Waals surface area contributed by atoms with E-state index in [9.17, 15) is 4.79 Å². The maximum absolute atomic E-state index is 12.2. The summed E-state index contributed by atoms with van der Waals surface area (Å²) in [4.78, 5) is 12.2. The van der Waals surface area contributed by atoms with Crippen molar-refractivity contribution in [2.45, 2.75) is 20.0 Å². The van der Waals surface area contributed by atoms with Crippen molar-refractivity contribution in [1.82, 2.24) is 0 Å². The van der Waals surface area contributed by atoms with Gasteiger partial charge in [0.2, 0.25) is 5.78 Å². The summed E-state index contributed by atoms with van der Waals surface area (Å²) < 4.78 is 5.66. The Balaban J connectivity index is 2.11. The Bertz CT molecular complexity index is 621. The number of carbonyl (C=O) groups excluding carboxylic acids is 1. The molecule has 0 fully saturated rings. The lowest BCUT2D eigenvalue weighted by atomic mass is 10.1. The van der Waals surface area contributed by atoms with Crippen molar-refractivity contribution >= 4 is 29.0 Å². The monoisotopic (exact) mass is 308 g/mol. The predicted octanol–water partition coefficient (Wildman–Crippen LogP) is 4.95. The third-order valence-electron chi connectivity index (χ3n) is 2.94. The predicted molar refractivity (Wildman–Crippen MR) is 82.1 cm³/mol. The second kappa shape index (κ2) is 6.29. The van der Waals surface area contributed by atoms with Crippen LogP contribution < -0.4 is 4.74 Å². The molecule has 20 heavy (non-hydrogen) atoms. The zero-order chi connectivity index (χ0) is 14.7. The van der Waals surface area contributed by atoms with Crippen LogP contribution in [0, 0.1) is 6.92 Å². The summed E-state index contributed by atoms with van der Waals surface area (Å²) in [6.45, 7) is 3.61. The minimum absolute atomic E-state index is 0.0886. The molecular weight excluding hydrogens is 295 g/mol. The van der Waals surface area contributed by atoms with E-state index in [1.165, 1.54) is 0 Å². The van der Waals surface area contributed by atoms with Gasteiger partial charge in [-0.15, -0.1) is 0 Å². The van der Waals surface area contributed by atoms with Gasteiger partial charge in [0.1, 0.15) is 5.75 Å². The maximum atomic E-state index is 12.2. The molecule has 104 valence electrons. The van der Waals surface area contributed by atoms with Gasteiger partial charge in [-0.3, -0.25) is 4.79 Å². The number of aryl methyl sites for hydroxylation is 1. The Morgan fingerprint density at radius 3 is 2.35 bits per heavy atom. The zero-order valence-electron chi connectivity index (χ0n) is 11.2. The minimum atomic E-state index is -0.572. The number of hydrogen-bond donors (Lipinski definition) is 0. The molecule has 4 heteroatoms. The van der Waals surface area contributed by atoms with Crippen LogP contribution in [0.5, 0.6) is 5.75 Å². The van der Waals surface area contributed by atoms with Crippen LogP contribution in [0.4, 0.5) is 0 Å². The average Bonchev–Trinajstić information content (AvgIpc) is 2.43. The van der Waals surface area contributed by atoms with Crippen molar-refractivity contribution in [3.05, 3.63) is 63.6 Å². The van der Waals surface area contributed by atoms with Crippen LogP contribution in [-0.2, 0) is 0 Å². The number of rotatable bonds is 4. The molecule has 0 amide bonds. The summed E-state index contributed by atoms with van der Waals surface area (Å²) in [5.41, 5.74) is 1.49. The Morgan fingerprint density at radius 2 is 1.75 bits per heavy atom. The second-order valence-electron chi connectivity index (χ2n) is 4.54. The lowest BCUT2D eigenvalue weighted by Gasteiger charge is -2.14. The second-order valence-corrected chi connectivity index (χ2v) is 5.39. The van der Waals surface area contributed by atoms with Gasteiger partial charge in [-0.25, -0.2) is 0 Å². The number of carbonyl (C=O) groups is 1. The van der Waals surface area contributed by atoms with Crippen molar-refractivity contribution < 1.29 is 9.53 Å². The minimum Gasteiger partial charge on any atom is -0.483 e. The molecule has 0 bridgehead atoms. The summed E-state index contributed by atoms with van der Waals surface area (Å²) in [5, 5.41) is 1.28. The summed E-state index contributed by atoms with van der Waals surface area (Å²) >= 11 is 11.8. The summed E-state index contributed by atoms with van der Waals surface area (Å²) in [5.74, 6) is 0.538. The fourth-order valence-corrected chi connectivity index (χ4v) is 2.04. The van der Waals surface area contributed by atoms with Gasteiger partial charge in [0.25, 0.3) is 0 Å². The zero-order valence-corrected chi connectivity index (χ0v) is 12.7.